The highest BCUT2D eigenvalue weighted by Crippen LogP contribution is 2.19. The number of methoxy groups -OCH3 is 1. The minimum atomic E-state index is -0.105. The lowest BCUT2D eigenvalue weighted by Gasteiger charge is -2.07. The van der Waals surface area contributed by atoms with Crippen molar-refractivity contribution in [2.75, 3.05) is 7.11 Å². The highest BCUT2D eigenvalue weighted by atomic mass is 35.5. The van der Waals surface area contributed by atoms with Crippen LogP contribution in [0, 0.1) is 0 Å². The largest absolute Gasteiger partial charge is 0.373 e. The third-order valence-electron chi connectivity index (χ3n) is 1.54. The number of halogens is 1. The maximum Gasteiger partial charge on any atom is 0.320 e. The fraction of sp³-hybridized carbons (Fsp3) is 0.714. The first-order chi connectivity index (χ1) is 5.77. The molecule has 1 heterocycles. The molecule has 1 atom stereocenters. The zero-order chi connectivity index (χ0) is 8.97. The van der Waals surface area contributed by atoms with E-state index in [0.29, 0.717) is 5.82 Å². The van der Waals surface area contributed by atoms with E-state index in [1.165, 1.54) is 0 Å². The van der Waals surface area contributed by atoms with Crippen molar-refractivity contribution in [1.82, 2.24) is 10.1 Å². The highest BCUT2D eigenvalue weighted by Gasteiger charge is 2.15. The zero-order valence-corrected chi connectivity index (χ0v) is 7.84. The fourth-order valence-electron chi connectivity index (χ4n) is 0.961. The molecule has 0 fully saturated rings. The van der Waals surface area contributed by atoms with Crippen LogP contribution >= 0.6 is 11.6 Å². The van der Waals surface area contributed by atoms with Crippen LogP contribution in [0.25, 0.3) is 0 Å². The molecule has 0 aliphatic rings. The second kappa shape index (κ2) is 4.42. The van der Waals surface area contributed by atoms with E-state index in [1.54, 1.807) is 7.11 Å². The molecule has 0 spiro atoms. The molecule has 0 aliphatic carbocycles. The number of hydrogen-bond donors (Lipinski definition) is 0. The van der Waals surface area contributed by atoms with Gasteiger partial charge in [-0.05, 0) is 18.0 Å². The molecule has 68 valence electrons. The summed E-state index contributed by atoms with van der Waals surface area (Å²) in [5, 5.41) is 3.72. The Kier molecular flexibility index (Phi) is 3.49. The molecule has 1 aromatic rings. The lowest BCUT2D eigenvalue weighted by molar-refractivity contribution is 0.0854. The molecule has 0 aliphatic heterocycles. The van der Waals surface area contributed by atoms with Crippen molar-refractivity contribution < 1.29 is 9.26 Å². The van der Waals surface area contributed by atoms with Gasteiger partial charge in [0.15, 0.2) is 0 Å². The number of ether oxygens (including phenoxy) is 1. The highest BCUT2D eigenvalue weighted by molar-refractivity contribution is 6.27. The topological polar surface area (TPSA) is 48.2 Å². The number of nitrogens with zero attached hydrogens (tertiary/aromatic N) is 2. The second-order valence-electron chi connectivity index (χ2n) is 2.42. The van der Waals surface area contributed by atoms with Crippen molar-refractivity contribution in [3.05, 3.63) is 11.2 Å². The van der Waals surface area contributed by atoms with Crippen LogP contribution in [-0.2, 0) is 4.74 Å². The lowest BCUT2D eigenvalue weighted by atomic mass is 10.2. The van der Waals surface area contributed by atoms with Crippen LogP contribution in [-0.4, -0.2) is 17.3 Å². The summed E-state index contributed by atoms with van der Waals surface area (Å²) in [7, 11) is 1.62. The Bertz CT molecular complexity index is 239. The molecule has 0 bridgehead atoms. The summed E-state index contributed by atoms with van der Waals surface area (Å²) in [5.74, 6) is 0.518. The summed E-state index contributed by atoms with van der Waals surface area (Å²) < 4.78 is 9.76. The van der Waals surface area contributed by atoms with E-state index >= 15 is 0 Å². The first-order valence-electron chi connectivity index (χ1n) is 3.79. The van der Waals surface area contributed by atoms with Crippen molar-refractivity contribution in [1.29, 1.82) is 0 Å². The van der Waals surface area contributed by atoms with E-state index in [0.717, 1.165) is 12.8 Å². The third-order valence-corrected chi connectivity index (χ3v) is 1.69. The van der Waals surface area contributed by atoms with Crippen LogP contribution in [0.3, 0.4) is 0 Å². The molecular formula is C7H11ClN2O2. The Labute approximate surface area is 75.9 Å². The average molecular weight is 191 g/mol. The summed E-state index contributed by atoms with van der Waals surface area (Å²) in [5.41, 5.74) is 0. The molecule has 1 rings (SSSR count). The van der Waals surface area contributed by atoms with Gasteiger partial charge >= 0.3 is 5.35 Å². The Hall–Kier alpha value is -0.610. The Balaban J connectivity index is 2.66. The van der Waals surface area contributed by atoms with Gasteiger partial charge in [-0.15, -0.1) is 0 Å². The van der Waals surface area contributed by atoms with E-state index in [4.69, 9.17) is 16.3 Å². The van der Waals surface area contributed by atoms with Gasteiger partial charge in [-0.2, -0.15) is 4.98 Å². The molecule has 1 aromatic heterocycles. The van der Waals surface area contributed by atoms with Gasteiger partial charge < -0.3 is 9.26 Å². The smallest absolute Gasteiger partial charge is 0.320 e. The third kappa shape index (κ3) is 2.19. The van der Waals surface area contributed by atoms with E-state index in [9.17, 15) is 0 Å². The molecule has 0 radical (unpaired) electrons. The molecule has 0 aromatic carbocycles. The monoisotopic (exact) mass is 190 g/mol. The summed E-state index contributed by atoms with van der Waals surface area (Å²) in [6.07, 6.45) is 1.77. The quantitative estimate of drug-likeness (QED) is 0.731. The molecule has 0 saturated carbocycles. The summed E-state index contributed by atoms with van der Waals surface area (Å²) in [6.45, 7) is 2.06. The molecule has 0 saturated heterocycles. The minimum Gasteiger partial charge on any atom is -0.373 e. The molecule has 0 N–H and O–H groups in total. The first kappa shape index (κ1) is 9.48. The van der Waals surface area contributed by atoms with Crippen molar-refractivity contribution >= 4 is 11.6 Å². The molecule has 1 unspecified atom stereocenters. The zero-order valence-electron chi connectivity index (χ0n) is 7.08. The van der Waals surface area contributed by atoms with Crippen molar-refractivity contribution in [3.8, 4) is 0 Å². The standard InChI is InChI=1S/C7H11ClN2O2/c1-3-4-5(11-2)6-9-7(8)12-10-6/h5H,3-4H2,1-2H3. The molecule has 12 heavy (non-hydrogen) atoms. The number of rotatable bonds is 4. The van der Waals surface area contributed by atoms with Crippen LogP contribution in [0.5, 0.6) is 0 Å². The van der Waals surface area contributed by atoms with Gasteiger partial charge in [0.25, 0.3) is 0 Å². The summed E-state index contributed by atoms with van der Waals surface area (Å²) in [6, 6.07) is 0. The van der Waals surface area contributed by atoms with Gasteiger partial charge in [0.2, 0.25) is 5.82 Å². The Morgan fingerprint density at radius 3 is 2.83 bits per heavy atom. The lowest BCUT2D eigenvalue weighted by Crippen LogP contribution is -2.02. The van der Waals surface area contributed by atoms with Gasteiger partial charge in [-0.25, -0.2) is 0 Å². The minimum absolute atomic E-state index is 0.0585. The van der Waals surface area contributed by atoms with Crippen LogP contribution in [0.1, 0.15) is 31.7 Å². The average Bonchev–Trinajstić information content (AvgIpc) is 2.47. The molecule has 0 amide bonds. The normalized spacial score (nSPS) is 13.2. The van der Waals surface area contributed by atoms with Crippen LogP contribution in [0.15, 0.2) is 4.52 Å². The Morgan fingerprint density at radius 1 is 1.67 bits per heavy atom. The maximum absolute atomic E-state index is 5.47. The van der Waals surface area contributed by atoms with Gasteiger partial charge in [0.1, 0.15) is 6.10 Å². The maximum atomic E-state index is 5.47. The van der Waals surface area contributed by atoms with Gasteiger partial charge in [0.05, 0.1) is 0 Å². The molecular weight excluding hydrogens is 180 g/mol. The number of aromatic nitrogens is 2. The van der Waals surface area contributed by atoms with Crippen molar-refractivity contribution in [2.45, 2.75) is 25.9 Å². The van der Waals surface area contributed by atoms with Gasteiger partial charge in [-0.3, -0.25) is 0 Å². The first-order valence-corrected chi connectivity index (χ1v) is 4.17. The predicted molar refractivity (Wildman–Crippen MR) is 44.0 cm³/mol. The van der Waals surface area contributed by atoms with Crippen LogP contribution in [0.2, 0.25) is 5.35 Å². The van der Waals surface area contributed by atoms with E-state index in [1.807, 2.05) is 0 Å². The molecule has 5 heteroatoms. The van der Waals surface area contributed by atoms with E-state index in [2.05, 4.69) is 21.6 Å². The molecule has 4 nitrogen and oxygen atoms in total. The van der Waals surface area contributed by atoms with Crippen LogP contribution in [0.4, 0.5) is 0 Å². The van der Waals surface area contributed by atoms with Crippen molar-refractivity contribution in [3.63, 3.8) is 0 Å². The van der Waals surface area contributed by atoms with Crippen LogP contribution < -0.4 is 0 Å². The van der Waals surface area contributed by atoms with Gasteiger partial charge in [-0.1, -0.05) is 18.5 Å². The predicted octanol–water partition coefficient (Wildman–Crippen LogP) is 2.21. The summed E-state index contributed by atoms with van der Waals surface area (Å²) in [4.78, 5) is 3.86. The second-order valence-corrected chi connectivity index (χ2v) is 2.74. The van der Waals surface area contributed by atoms with E-state index in [-0.39, 0.29) is 11.5 Å². The van der Waals surface area contributed by atoms with Crippen molar-refractivity contribution in [2.24, 2.45) is 0 Å². The van der Waals surface area contributed by atoms with E-state index < -0.39 is 0 Å². The van der Waals surface area contributed by atoms with Gasteiger partial charge in [0, 0.05) is 7.11 Å². The fourth-order valence-corrected chi connectivity index (χ4v) is 1.08. The summed E-state index contributed by atoms with van der Waals surface area (Å²) >= 11 is 5.47. The Morgan fingerprint density at radius 2 is 2.42 bits per heavy atom. The number of hydrogen-bond acceptors (Lipinski definition) is 4. The SMILES string of the molecule is CCCC(OC)c1noc(Cl)n1.